The summed E-state index contributed by atoms with van der Waals surface area (Å²) in [5.74, 6) is 0.485. The number of aromatic nitrogens is 6. The minimum Gasteiger partial charge on any atom is -0.312 e. The molecule has 0 saturated carbocycles. The lowest BCUT2D eigenvalue weighted by Gasteiger charge is -2.24. The summed E-state index contributed by atoms with van der Waals surface area (Å²) in [6.07, 6.45) is 23.8. The van der Waals surface area contributed by atoms with Gasteiger partial charge < -0.3 is 31.9 Å². The van der Waals surface area contributed by atoms with Crippen LogP contribution < -0.4 is 31.9 Å². The Kier molecular flexibility index (Phi) is 26.6. The third-order valence-corrected chi connectivity index (χ3v) is 42.3. The fourth-order valence-electron chi connectivity index (χ4n) is 23.5. The predicted octanol–water partition coefficient (Wildman–Crippen LogP) is 10.1. The summed E-state index contributed by atoms with van der Waals surface area (Å²) in [7, 11) is -21.7. The zero-order valence-corrected chi connectivity index (χ0v) is 80.4. The third-order valence-electron chi connectivity index (χ3n) is 30.3. The second-order valence-electron chi connectivity index (χ2n) is 37.5. The summed E-state index contributed by atoms with van der Waals surface area (Å²) < 4.78 is 210. The summed E-state index contributed by atoms with van der Waals surface area (Å²) in [5.41, 5.74) is 0. The molecule has 12 aromatic rings. The summed E-state index contributed by atoms with van der Waals surface area (Å²) in [6.45, 7) is 20.9. The van der Waals surface area contributed by atoms with Crippen molar-refractivity contribution in [1.29, 1.82) is 0 Å². The van der Waals surface area contributed by atoms with Crippen molar-refractivity contribution in [1.82, 2.24) is 87.6 Å². The van der Waals surface area contributed by atoms with Crippen LogP contribution in [0.15, 0.2) is 231 Å². The first-order chi connectivity index (χ1) is 64.8. The van der Waals surface area contributed by atoms with E-state index in [2.05, 4.69) is 61.8 Å². The Morgan fingerprint density at radius 1 is 0.244 bits per heavy atom. The van der Waals surface area contributed by atoms with Crippen LogP contribution >= 0.6 is 0 Å². The van der Waals surface area contributed by atoms with Gasteiger partial charge in [0.2, 0.25) is 60.1 Å². The number of rotatable bonds is 12. The van der Waals surface area contributed by atoms with E-state index in [1.807, 2.05) is 59.7 Å². The van der Waals surface area contributed by atoms with Gasteiger partial charge in [-0.1, -0.05) is 72.8 Å². The predicted molar refractivity (Wildman–Crippen MR) is 510 cm³/mol. The molecule has 6 N–H and O–H groups in total. The molecule has 30 nitrogen and oxygen atoms in total. The minimum absolute atomic E-state index is 0.00501. The van der Waals surface area contributed by atoms with Crippen molar-refractivity contribution >= 4 is 125 Å². The fourth-order valence-corrected chi connectivity index (χ4v) is 35.1. The molecule has 12 fully saturated rings. The molecule has 0 amide bonds. The number of hydrogen-bond acceptors (Lipinski definition) is 24. The average molecular weight is 1960 g/mol. The standard InChI is InChI=1S/3C16H18FN3O2S.3C16H19N3O2S/c3*1-10-16-12(5-6-19-16)9-20(10)23(21,22)14-4-2-3-11-7-18-8-13(17)15(11)14;3*1-11-16-13(5-8-18-16)10-19(11)22(20,21)15-4-2-3-12-9-17-7-6-14(12)15/h3*2-4,7-8,10,12,16,19H,5-6,9H2,1H3;3*2-4,6-7,9,11,13,16,18H,5,8,10H2,1H3/t2*10-,12+,16-;;2*11-,13+,16-;/m10.10./s1. The Hall–Kier alpha value is -9.21. The van der Waals surface area contributed by atoms with Gasteiger partial charge in [-0.25, -0.2) is 63.7 Å². The number of benzene rings is 6. The molecule has 0 spiro atoms. The van der Waals surface area contributed by atoms with Crippen molar-refractivity contribution < 1.29 is 63.7 Å². The van der Waals surface area contributed by atoms with Gasteiger partial charge in [-0.15, -0.1) is 0 Å². The van der Waals surface area contributed by atoms with Crippen LogP contribution in [-0.4, -0.2) is 257 Å². The zero-order chi connectivity index (χ0) is 94.5. The van der Waals surface area contributed by atoms with Gasteiger partial charge in [0.1, 0.15) is 0 Å². The van der Waals surface area contributed by atoms with Gasteiger partial charge >= 0.3 is 0 Å². The Balaban J connectivity index is 0.000000104. The molecule has 12 aliphatic rings. The maximum Gasteiger partial charge on any atom is 0.244 e. The lowest BCUT2D eigenvalue weighted by atomic mass is 10.0. The summed E-state index contributed by atoms with van der Waals surface area (Å²) in [4.78, 5) is 24.9. The lowest BCUT2D eigenvalue weighted by Crippen LogP contribution is -2.42. The maximum atomic E-state index is 14.2. The van der Waals surface area contributed by atoms with Crippen LogP contribution in [0.5, 0.6) is 0 Å². The van der Waals surface area contributed by atoms with E-state index in [1.165, 1.54) is 49.7 Å². The Labute approximate surface area is 785 Å². The van der Waals surface area contributed by atoms with E-state index in [0.29, 0.717) is 106 Å². The van der Waals surface area contributed by atoms with E-state index in [1.54, 1.807) is 141 Å². The highest BCUT2D eigenvalue weighted by Gasteiger charge is 2.54. The second-order valence-corrected chi connectivity index (χ2v) is 48.7. The molecule has 18 atom stereocenters. The smallest absolute Gasteiger partial charge is 0.244 e. The van der Waals surface area contributed by atoms with E-state index in [-0.39, 0.29) is 103 Å². The highest BCUT2D eigenvalue weighted by Crippen LogP contribution is 2.44. The number of pyridine rings is 6. The molecule has 714 valence electrons. The molecule has 6 unspecified atom stereocenters. The molecule has 0 bridgehead atoms. The SMILES string of the molecule is CC1C2NCCC2CN1S(=O)(=O)c1cccc2cncc(F)c12.CC1C2NCCC2CN1S(=O)(=O)c1cccc2cnccc12.C[C@@H]1[C@H]2NCC[C@H]2CN1S(=O)(=O)c1cccc2cncc(F)c12.C[C@@H]1[C@H]2NCC[C@H]2CN1S(=O)(=O)c1cccc2cnccc12.C[C@H]1[C@@H]2NCC[C@@H]2CN1S(=O)(=O)c1cccc2cncc(F)c12.C[C@H]1[C@@H]2NCC[C@@H]2CN1S(=O)(=O)c1cccc2cnccc12. The van der Waals surface area contributed by atoms with Gasteiger partial charge in [0.15, 0.2) is 17.5 Å². The van der Waals surface area contributed by atoms with Crippen LogP contribution in [0.2, 0.25) is 0 Å². The van der Waals surface area contributed by atoms with Crippen LogP contribution in [0.4, 0.5) is 13.2 Å². The first kappa shape index (κ1) is 94.7. The monoisotopic (exact) mass is 1960 g/mol. The number of nitrogens with zero attached hydrogens (tertiary/aromatic N) is 12. The average Bonchev–Trinajstić information content (AvgIpc) is 1.52. The van der Waals surface area contributed by atoms with Gasteiger partial charge in [-0.3, -0.25) is 29.9 Å². The zero-order valence-electron chi connectivity index (χ0n) is 75.5. The van der Waals surface area contributed by atoms with Gasteiger partial charge in [-0.2, -0.15) is 25.8 Å². The molecule has 0 radical (unpaired) electrons. The summed E-state index contributed by atoms with van der Waals surface area (Å²) in [6, 6.07) is 36.9. The minimum atomic E-state index is -3.75. The van der Waals surface area contributed by atoms with Crippen molar-refractivity contribution in [3.05, 3.63) is 219 Å². The normalized spacial score (nSPS) is 28.7. The molecular weight excluding hydrogens is 1850 g/mol. The van der Waals surface area contributed by atoms with Gasteiger partial charge in [-0.05, 0) is 209 Å². The Bertz CT molecular complexity index is 6580. The molecule has 0 aliphatic carbocycles. The Morgan fingerprint density at radius 2 is 0.430 bits per heavy atom. The molecule has 12 aliphatic heterocycles. The number of halogens is 3. The molecule has 135 heavy (non-hydrogen) atoms. The molecule has 12 saturated heterocycles. The number of sulfonamides is 6. The lowest BCUT2D eigenvalue weighted by molar-refractivity contribution is 0.373. The quantitative estimate of drug-likeness (QED) is 0.0662. The fraction of sp³-hybridized carbons (Fsp3) is 0.438. The molecule has 24 rings (SSSR count). The van der Waals surface area contributed by atoms with Crippen LogP contribution in [0, 0.1) is 53.0 Å². The van der Waals surface area contributed by atoms with Crippen molar-refractivity contribution in [3.63, 3.8) is 0 Å². The topological polar surface area (TPSA) is 374 Å². The first-order valence-corrected chi connectivity index (χ1v) is 55.0. The van der Waals surface area contributed by atoms with Crippen molar-refractivity contribution in [3.8, 4) is 0 Å². The van der Waals surface area contributed by atoms with Gasteiger partial charge in [0.25, 0.3) is 0 Å². The maximum absolute atomic E-state index is 14.2. The number of nitrogens with one attached hydrogen (secondary N) is 6. The van der Waals surface area contributed by atoms with Crippen LogP contribution in [0.1, 0.15) is 80.1 Å². The molecule has 18 heterocycles. The highest BCUT2D eigenvalue weighted by atomic mass is 32.2. The van der Waals surface area contributed by atoms with Crippen molar-refractivity contribution in [2.75, 3.05) is 78.5 Å². The molecule has 39 heteroatoms. The number of hydrogen-bond donors (Lipinski definition) is 6. The highest BCUT2D eigenvalue weighted by molar-refractivity contribution is 7.91. The molecule has 6 aromatic carbocycles. The van der Waals surface area contributed by atoms with Crippen molar-refractivity contribution in [2.45, 2.75) is 182 Å². The van der Waals surface area contributed by atoms with Crippen LogP contribution in [-0.2, 0) is 60.1 Å². The van der Waals surface area contributed by atoms with Gasteiger partial charge in [0, 0.05) is 232 Å². The van der Waals surface area contributed by atoms with E-state index in [4.69, 9.17) is 0 Å². The molecule has 6 aromatic heterocycles. The summed E-state index contributed by atoms with van der Waals surface area (Å²) >= 11 is 0. The largest absolute Gasteiger partial charge is 0.312 e. The van der Waals surface area contributed by atoms with E-state index >= 15 is 0 Å². The van der Waals surface area contributed by atoms with Crippen molar-refractivity contribution in [2.24, 2.45) is 35.5 Å². The third kappa shape index (κ3) is 17.3. The first-order valence-electron chi connectivity index (χ1n) is 46.3. The summed E-state index contributed by atoms with van der Waals surface area (Å²) in [5, 5.41) is 27.1. The van der Waals surface area contributed by atoms with E-state index < -0.39 is 77.6 Å². The van der Waals surface area contributed by atoms with E-state index in [9.17, 15) is 63.7 Å². The van der Waals surface area contributed by atoms with E-state index in [0.717, 1.165) is 129 Å². The Morgan fingerprint density at radius 3 is 0.637 bits per heavy atom. The van der Waals surface area contributed by atoms with Gasteiger partial charge in [0.05, 0.1) is 48.0 Å². The van der Waals surface area contributed by atoms with Crippen LogP contribution in [0.3, 0.4) is 0 Å². The molecular formula is C96H111F3N18O12S6. The second kappa shape index (κ2) is 37.8. The number of fused-ring (bicyclic) bond motifs is 12. The van der Waals surface area contributed by atoms with Crippen LogP contribution in [0.25, 0.3) is 64.6 Å².